The molecule has 6 nitrogen and oxygen atoms in total. The Balaban J connectivity index is 1.86. The Morgan fingerprint density at radius 3 is 2.80 bits per heavy atom. The molecular weight excluding hydrogens is 316 g/mol. The van der Waals surface area contributed by atoms with Crippen molar-refractivity contribution < 1.29 is 9.53 Å². The van der Waals surface area contributed by atoms with Gasteiger partial charge in [-0.3, -0.25) is 0 Å². The average molecular weight is 342 g/mol. The van der Waals surface area contributed by atoms with Crippen molar-refractivity contribution in [2.75, 3.05) is 14.2 Å². The number of amides is 2. The second kappa shape index (κ2) is 7.59. The fourth-order valence-electron chi connectivity index (χ4n) is 3.46. The highest BCUT2D eigenvalue weighted by atomic mass is 16.5. The van der Waals surface area contributed by atoms with Crippen molar-refractivity contribution in [1.29, 1.82) is 0 Å². The number of nitrogens with zero attached hydrogens (tertiary/aromatic N) is 3. The molecule has 2 amide bonds. The van der Waals surface area contributed by atoms with Crippen LogP contribution in [0.3, 0.4) is 0 Å². The summed E-state index contributed by atoms with van der Waals surface area (Å²) in [6.45, 7) is 0. The molecule has 134 valence electrons. The van der Waals surface area contributed by atoms with Crippen LogP contribution in [-0.2, 0) is 7.05 Å². The number of imidazole rings is 1. The van der Waals surface area contributed by atoms with Gasteiger partial charge in [-0.05, 0) is 30.5 Å². The number of ether oxygens (including phenoxy) is 1. The zero-order valence-corrected chi connectivity index (χ0v) is 15.1. The van der Waals surface area contributed by atoms with Crippen molar-refractivity contribution >= 4 is 6.03 Å². The van der Waals surface area contributed by atoms with Crippen molar-refractivity contribution in [3.8, 4) is 5.75 Å². The van der Waals surface area contributed by atoms with Crippen LogP contribution >= 0.6 is 0 Å². The molecule has 1 saturated carbocycles. The van der Waals surface area contributed by atoms with E-state index in [-0.39, 0.29) is 12.1 Å². The fourth-order valence-corrected chi connectivity index (χ4v) is 3.46. The summed E-state index contributed by atoms with van der Waals surface area (Å²) >= 11 is 0. The molecule has 1 aliphatic rings. The van der Waals surface area contributed by atoms with Gasteiger partial charge in [0.2, 0.25) is 0 Å². The minimum absolute atomic E-state index is 0.0669. The molecule has 0 spiro atoms. The molecule has 1 atom stereocenters. The lowest BCUT2D eigenvalue weighted by Crippen LogP contribution is -2.44. The van der Waals surface area contributed by atoms with E-state index in [2.05, 4.69) is 10.3 Å². The lowest BCUT2D eigenvalue weighted by molar-refractivity contribution is 0.188. The molecule has 1 fully saturated rings. The molecule has 6 heteroatoms. The Bertz CT molecular complexity index is 722. The summed E-state index contributed by atoms with van der Waals surface area (Å²) in [4.78, 5) is 19.1. The van der Waals surface area contributed by atoms with Crippen LogP contribution in [0.25, 0.3) is 0 Å². The predicted molar refractivity (Wildman–Crippen MR) is 96.6 cm³/mol. The average Bonchev–Trinajstić information content (AvgIpc) is 3.30. The van der Waals surface area contributed by atoms with Gasteiger partial charge in [0.15, 0.2) is 0 Å². The molecule has 0 aliphatic heterocycles. The number of hydrogen-bond acceptors (Lipinski definition) is 3. The quantitative estimate of drug-likeness (QED) is 0.908. The molecule has 2 aromatic rings. The maximum Gasteiger partial charge on any atom is 0.318 e. The zero-order valence-electron chi connectivity index (χ0n) is 15.1. The number of aromatic nitrogens is 2. The lowest BCUT2D eigenvalue weighted by Gasteiger charge is -2.28. The molecule has 0 bridgehead atoms. The molecule has 1 aliphatic carbocycles. The van der Waals surface area contributed by atoms with Crippen LogP contribution in [0.5, 0.6) is 5.75 Å². The Morgan fingerprint density at radius 2 is 2.16 bits per heavy atom. The van der Waals surface area contributed by atoms with E-state index < -0.39 is 0 Å². The van der Waals surface area contributed by atoms with E-state index in [9.17, 15) is 4.79 Å². The molecular formula is C19H26N4O2. The zero-order chi connectivity index (χ0) is 17.8. The van der Waals surface area contributed by atoms with Gasteiger partial charge in [-0.15, -0.1) is 0 Å². The predicted octanol–water partition coefficient (Wildman–Crippen LogP) is 3.10. The first-order chi connectivity index (χ1) is 12.1. The van der Waals surface area contributed by atoms with Crippen LogP contribution in [0.1, 0.15) is 43.1 Å². The Morgan fingerprint density at radius 1 is 1.40 bits per heavy atom. The van der Waals surface area contributed by atoms with Crippen molar-refractivity contribution in [1.82, 2.24) is 19.8 Å². The van der Waals surface area contributed by atoms with Gasteiger partial charge in [-0.25, -0.2) is 9.78 Å². The third-order valence-electron chi connectivity index (χ3n) is 5.00. The summed E-state index contributed by atoms with van der Waals surface area (Å²) in [5, 5.41) is 3.15. The number of carbonyl (C=O) groups excluding carboxylic acids is 1. The van der Waals surface area contributed by atoms with Crippen LogP contribution in [-0.4, -0.2) is 40.7 Å². The van der Waals surface area contributed by atoms with Crippen LogP contribution in [0.4, 0.5) is 4.79 Å². The van der Waals surface area contributed by atoms with Crippen LogP contribution in [0, 0.1) is 0 Å². The second-order valence-corrected chi connectivity index (χ2v) is 6.60. The van der Waals surface area contributed by atoms with Crippen LogP contribution in [0.2, 0.25) is 0 Å². The number of aryl methyl sites for hydroxylation is 1. The van der Waals surface area contributed by atoms with Gasteiger partial charge in [-0.2, -0.15) is 0 Å². The highest BCUT2D eigenvalue weighted by molar-refractivity contribution is 5.75. The SMILES string of the molecule is COc1cccc(C(NC(=O)N(C)C2CCCC2)c2nccn2C)c1. The topological polar surface area (TPSA) is 59.4 Å². The van der Waals surface area contributed by atoms with E-state index in [0.717, 1.165) is 30.0 Å². The van der Waals surface area contributed by atoms with E-state index in [1.807, 2.05) is 54.0 Å². The summed E-state index contributed by atoms with van der Waals surface area (Å²) < 4.78 is 7.27. The van der Waals surface area contributed by atoms with Crippen LogP contribution < -0.4 is 10.1 Å². The normalized spacial score (nSPS) is 15.8. The van der Waals surface area contributed by atoms with Gasteiger partial charge in [-0.1, -0.05) is 25.0 Å². The summed E-state index contributed by atoms with van der Waals surface area (Å²) in [5.41, 5.74) is 0.946. The van der Waals surface area contributed by atoms with E-state index in [1.54, 1.807) is 13.3 Å². The largest absolute Gasteiger partial charge is 0.497 e. The Labute approximate surface area is 148 Å². The van der Waals surface area contributed by atoms with Gasteiger partial charge in [0.05, 0.1) is 7.11 Å². The third-order valence-corrected chi connectivity index (χ3v) is 5.00. The molecule has 0 radical (unpaired) electrons. The molecule has 1 N–H and O–H groups in total. The van der Waals surface area contributed by atoms with Crippen molar-refractivity contribution in [2.45, 2.75) is 37.8 Å². The van der Waals surface area contributed by atoms with Gasteiger partial charge >= 0.3 is 6.03 Å². The van der Waals surface area contributed by atoms with E-state index in [4.69, 9.17) is 4.74 Å². The number of rotatable bonds is 5. The summed E-state index contributed by atoms with van der Waals surface area (Å²) in [6.07, 6.45) is 8.18. The maximum atomic E-state index is 12.8. The van der Waals surface area contributed by atoms with Gasteiger partial charge in [0.1, 0.15) is 17.6 Å². The van der Waals surface area contributed by atoms with E-state index in [1.165, 1.54) is 12.8 Å². The summed E-state index contributed by atoms with van der Waals surface area (Å²) in [7, 11) is 5.45. The molecule has 1 heterocycles. The first-order valence-electron chi connectivity index (χ1n) is 8.74. The number of benzene rings is 1. The second-order valence-electron chi connectivity index (χ2n) is 6.60. The summed E-state index contributed by atoms with van der Waals surface area (Å²) in [5.74, 6) is 1.55. The minimum atomic E-state index is -0.327. The monoisotopic (exact) mass is 342 g/mol. The minimum Gasteiger partial charge on any atom is -0.497 e. The fraction of sp³-hybridized carbons (Fsp3) is 0.474. The van der Waals surface area contributed by atoms with Crippen molar-refractivity contribution in [3.63, 3.8) is 0 Å². The molecule has 1 aromatic carbocycles. The first kappa shape index (κ1) is 17.3. The molecule has 25 heavy (non-hydrogen) atoms. The Hall–Kier alpha value is -2.50. The Kier molecular flexibility index (Phi) is 5.26. The number of hydrogen-bond donors (Lipinski definition) is 1. The molecule has 1 unspecified atom stereocenters. The first-order valence-corrected chi connectivity index (χ1v) is 8.74. The standard InChI is InChI=1S/C19H26N4O2/c1-22-12-11-20-18(22)17(14-7-6-10-16(13-14)25-3)21-19(24)23(2)15-8-4-5-9-15/h6-7,10-13,15,17H,4-5,8-9H2,1-3H3,(H,21,24). The summed E-state index contributed by atoms with van der Waals surface area (Å²) in [6, 6.07) is 7.68. The van der Waals surface area contributed by atoms with Gasteiger partial charge < -0.3 is 19.5 Å². The molecule has 3 rings (SSSR count). The van der Waals surface area contributed by atoms with E-state index in [0.29, 0.717) is 6.04 Å². The maximum absolute atomic E-state index is 12.8. The number of urea groups is 1. The number of carbonyl (C=O) groups is 1. The highest BCUT2D eigenvalue weighted by Gasteiger charge is 2.27. The van der Waals surface area contributed by atoms with E-state index >= 15 is 0 Å². The lowest BCUT2D eigenvalue weighted by atomic mass is 10.1. The van der Waals surface area contributed by atoms with Crippen LogP contribution in [0.15, 0.2) is 36.7 Å². The number of methoxy groups -OCH3 is 1. The smallest absolute Gasteiger partial charge is 0.318 e. The molecule has 0 saturated heterocycles. The van der Waals surface area contributed by atoms with Gasteiger partial charge in [0, 0.05) is 32.5 Å². The van der Waals surface area contributed by atoms with Crippen molar-refractivity contribution in [2.24, 2.45) is 7.05 Å². The van der Waals surface area contributed by atoms with Crippen molar-refractivity contribution in [3.05, 3.63) is 48.0 Å². The number of nitrogens with one attached hydrogen (secondary N) is 1. The highest BCUT2D eigenvalue weighted by Crippen LogP contribution is 2.26. The third kappa shape index (κ3) is 3.78. The molecule has 1 aromatic heterocycles. The van der Waals surface area contributed by atoms with Gasteiger partial charge in [0.25, 0.3) is 0 Å².